The highest BCUT2D eigenvalue weighted by Crippen LogP contribution is 2.23. The molecule has 0 amide bonds. The molecule has 1 heteroatoms. The van der Waals surface area contributed by atoms with Crippen LogP contribution < -0.4 is 0 Å². The lowest BCUT2D eigenvalue weighted by Crippen LogP contribution is -2.50. The van der Waals surface area contributed by atoms with Crippen LogP contribution in [0.15, 0.2) is 0 Å². The summed E-state index contributed by atoms with van der Waals surface area (Å²) in [6.45, 7) is 9.44. The Labute approximate surface area is 58.0 Å². The summed E-state index contributed by atoms with van der Waals surface area (Å²) in [6, 6.07) is 0.898. The van der Waals surface area contributed by atoms with E-state index in [2.05, 4.69) is 25.7 Å². The van der Waals surface area contributed by atoms with E-state index in [9.17, 15) is 0 Å². The van der Waals surface area contributed by atoms with Crippen LogP contribution in [0.1, 0.15) is 27.2 Å². The Hall–Kier alpha value is -0.0400. The van der Waals surface area contributed by atoms with Gasteiger partial charge in [-0.05, 0) is 25.4 Å². The van der Waals surface area contributed by atoms with Gasteiger partial charge in [0.1, 0.15) is 0 Å². The summed E-state index contributed by atoms with van der Waals surface area (Å²) in [5, 5.41) is 0. The van der Waals surface area contributed by atoms with E-state index in [1.54, 1.807) is 0 Å². The Morgan fingerprint density at radius 1 is 1.56 bits per heavy atom. The molecule has 0 aromatic heterocycles. The highest BCUT2D eigenvalue weighted by molar-refractivity contribution is 4.83. The summed E-state index contributed by atoms with van der Waals surface area (Å²) in [4.78, 5) is 2.55. The monoisotopic (exact) mass is 127 g/mol. The Morgan fingerprint density at radius 2 is 2.22 bits per heavy atom. The van der Waals surface area contributed by atoms with Gasteiger partial charge in [0.15, 0.2) is 0 Å². The van der Waals surface area contributed by atoms with Gasteiger partial charge in [0.05, 0.1) is 0 Å². The van der Waals surface area contributed by atoms with Gasteiger partial charge in [0.2, 0.25) is 0 Å². The zero-order valence-corrected chi connectivity index (χ0v) is 6.72. The average molecular weight is 127 g/mol. The molecule has 9 heavy (non-hydrogen) atoms. The van der Waals surface area contributed by atoms with E-state index in [1.165, 1.54) is 19.5 Å². The minimum Gasteiger partial charge on any atom is -0.300 e. The molecule has 1 rings (SSSR count). The molecule has 1 fully saturated rings. The van der Waals surface area contributed by atoms with Gasteiger partial charge in [-0.3, -0.25) is 0 Å². The first kappa shape index (κ1) is 7.07. The van der Waals surface area contributed by atoms with Crippen LogP contribution in [-0.2, 0) is 0 Å². The van der Waals surface area contributed by atoms with Crippen LogP contribution in [0.3, 0.4) is 0 Å². The summed E-state index contributed by atoms with van der Waals surface area (Å²) < 4.78 is 0. The SMILES string of the molecule is CCN1CC[C@H]1C(C)C. The molecule has 0 N–H and O–H groups in total. The molecule has 1 nitrogen and oxygen atoms in total. The second-order valence-corrected chi connectivity index (χ2v) is 3.23. The first-order valence-electron chi connectivity index (χ1n) is 3.99. The number of likely N-dealkylation sites (tertiary alicyclic amines) is 1. The molecule has 0 bridgehead atoms. The minimum absolute atomic E-state index is 0.860. The van der Waals surface area contributed by atoms with Crippen molar-refractivity contribution in [2.75, 3.05) is 13.1 Å². The standard InChI is InChI=1S/C8H17N/c1-4-9-6-5-8(9)7(2)3/h7-8H,4-6H2,1-3H3/t8-/m0/s1. The van der Waals surface area contributed by atoms with Crippen LogP contribution in [0, 0.1) is 5.92 Å². The maximum absolute atomic E-state index is 2.55. The highest BCUT2D eigenvalue weighted by atomic mass is 15.2. The molecule has 1 aliphatic heterocycles. The van der Waals surface area contributed by atoms with E-state index in [4.69, 9.17) is 0 Å². The lowest BCUT2D eigenvalue weighted by molar-refractivity contribution is 0.0624. The van der Waals surface area contributed by atoms with Gasteiger partial charge in [-0.15, -0.1) is 0 Å². The Morgan fingerprint density at radius 3 is 2.33 bits per heavy atom. The van der Waals surface area contributed by atoms with Gasteiger partial charge in [-0.2, -0.15) is 0 Å². The summed E-state index contributed by atoms with van der Waals surface area (Å²) in [7, 11) is 0. The van der Waals surface area contributed by atoms with E-state index in [0.717, 1.165) is 12.0 Å². The molecule has 0 saturated carbocycles. The van der Waals surface area contributed by atoms with Crippen molar-refractivity contribution in [3.05, 3.63) is 0 Å². The predicted octanol–water partition coefficient (Wildman–Crippen LogP) is 1.74. The Kier molecular flexibility index (Phi) is 2.12. The third kappa shape index (κ3) is 1.26. The quantitative estimate of drug-likeness (QED) is 0.546. The van der Waals surface area contributed by atoms with Gasteiger partial charge in [0, 0.05) is 6.04 Å². The second kappa shape index (κ2) is 2.70. The van der Waals surface area contributed by atoms with Crippen molar-refractivity contribution in [1.29, 1.82) is 0 Å². The number of nitrogens with zero attached hydrogens (tertiary/aromatic N) is 1. The molecular weight excluding hydrogens is 110 g/mol. The Balaban J connectivity index is 2.27. The molecule has 0 aliphatic carbocycles. The van der Waals surface area contributed by atoms with Gasteiger partial charge in [-0.1, -0.05) is 20.8 Å². The molecule has 0 aromatic rings. The van der Waals surface area contributed by atoms with Crippen LogP contribution in [0.25, 0.3) is 0 Å². The topological polar surface area (TPSA) is 3.24 Å². The van der Waals surface area contributed by atoms with Gasteiger partial charge >= 0.3 is 0 Å². The number of rotatable bonds is 2. The second-order valence-electron chi connectivity index (χ2n) is 3.23. The first-order chi connectivity index (χ1) is 4.25. The minimum atomic E-state index is 0.860. The highest BCUT2D eigenvalue weighted by Gasteiger charge is 2.28. The molecule has 54 valence electrons. The van der Waals surface area contributed by atoms with Crippen molar-refractivity contribution in [3.63, 3.8) is 0 Å². The van der Waals surface area contributed by atoms with Crippen LogP contribution in [0.2, 0.25) is 0 Å². The summed E-state index contributed by atoms with van der Waals surface area (Å²) in [5.74, 6) is 0.860. The van der Waals surface area contributed by atoms with Crippen molar-refractivity contribution in [3.8, 4) is 0 Å². The van der Waals surface area contributed by atoms with Gasteiger partial charge in [-0.25, -0.2) is 0 Å². The van der Waals surface area contributed by atoms with E-state index in [1.807, 2.05) is 0 Å². The molecule has 1 heterocycles. The number of hydrogen-bond donors (Lipinski definition) is 0. The van der Waals surface area contributed by atoms with E-state index >= 15 is 0 Å². The molecular formula is C8H17N. The third-order valence-corrected chi connectivity index (χ3v) is 2.36. The Bertz CT molecular complexity index is 86.6. The fraction of sp³-hybridized carbons (Fsp3) is 1.00. The van der Waals surface area contributed by atoms with E-state index in [0.29, 0.717) is 0 Å². The predicted molar refractivity (Wildman–Crippen MR) is 40.5 cm³/mol. The normalized spacial score (nSPS) is 28.7. The van der Waals surface area contributed by atoms with Crippen molar-refractivity contribution in [2.24, 2.45) is 5.92 Å². The number of hydrogen-bond acceptors (Lipinski definition) is 1. The largest absolute Gasteiger partial charge is 0.300 e. The molecule has 1 aliphatic rings. The molecule has 1 saturated heterocycles. The van der Waals surface area contributed by atoms with Crippen molar-refractivity contribution >= 4 is 0 Å². The first-order valence-corrected chi connectivity index (χ1v) is 3.99. The zero-order chi connectivity index (χ0) is 6.85. The van der Waals surface area contributed by atoms with Crippen molar-refractivity contribution in [1.82, 2.24) is 4.90 Å². The zero-order valence-electron chi connectivity index (χ0n) is 6.72. The maximum Gasteiger partial charge on any atom is 0.0130 e. The van der Waals surface area contributed by atoms with Gasteiger partial charge < -0.3 is 4.90 Å². The molecule has 0 unspecified atom stereocenters. The summed E-state index contributed by atoms with van der Waals surface area (Å²) in [5.41, 5.74) is 0. The fourth-order valence-corrected chi connectivity index (χ4v) is 1.61. The molecule has 0 aromatic carbocycles. The summed E-state index contributed by atoms with van der Waals surface area (Å²) >= 11 is 0. The molecule has 0 radical (unpaired) electrons. The summed E-state index contributed by atoms with van der Waals surface area (Å²) in [6.07, 6.45) is 1.42. The van der Waals surface area contributed by atoms with Crippen LogP contribution >= 0.6 is 0 Å². The van der Waals surface area contributed by atoms with Gasteiger partial charge in [0.25, 0.3) is 0 Å². The van der Waals surface area contributed by atoms with E-state index in [-0.39, 0.29) is 0 Å². The average Bonchev–Trinajstić information content (AvgIpc) is 1.61. The van der Waals surface area contributed by atoms with Crippen LogP contribution in [-0.4, -0.2) is 24.0 Å². The smallest absolute Gasteiger partial charge is 0.0130 e. The third-order valence-electron chi connectivity index (χ3n) is 2.36. The molecule has 0 spiro atoms. The van der Waals surface area contributed by atoms with Crippen LogP contribution in [0.4, 0.5) is 0 Å². The molecule has 1 atom stereocenters. The van der Waals surface area contributed by atoms with E-state index < -0.39 is 0 Å². The lowest BCUT2D eigenvalue weighted by atomic mass is 9.92. The maximum atomic E-state index is 2.55. The van der Waals surface area contributed by atoms with Crippen LogP contribution in [0.5, 0.6) is 0 Å². The lowest BCUT2D eigenvalue weighted by Gasteiger charge is -2.42. The van der Waals surface area contributed by atoms with Crippen molar-refractivity contribution < 1.29 is 0 Å². The van der Waals surface area contributed by atoms with Crippen molar-refractivity contribution in [2.45, 2.75) is 33.2 Å². The fourth-order valence-electron chi connectivity index (χ4n) is 1.61.